The number of thioether (sulfide) groups is 1. The Morgan fingerprint density at radius 1 is 1.24 bits per heavy atom. The first kappa shape index (κ1) is 17.6. The lowest BCUT2D eigenvalue weighted by Gasteiger charge is -2.12. The summed E-state index contributed by atoms with van der Waals surface area (Å²) >= 11 is 1.43. The van der Waals surface area contributed by atoms with Crippen molar-refractivity contribution in [1.29, 1.82) is 0 Å². The number of para-hydroxylation sites is 1. The Bertz CT molecular complexity index is 906. The highest BCUT2D eigenvalue weighted by atomic mass is 32.2. The van der Waals surface area contributed by atoms with Gasteiger partial charge in [-0.05, 0) is 18.6 Å². The lowest BCUT2D eigenvalue weighted by molar-refractivity contribution is 0.189. The zero-order valence-corrected chi connectivity index (χ0v) is 15.1. The first-order chi connectivity index (χ1) is 12.2. The van der Waals surface area contributed by atoms with Gasteiger partial charge in [0.25, 0.3) is 5.56 Å². The van der Waals surface area contributed by atoms with Gasteiger partial charge in [0.2, 0.25) is 11.8 Å². The largest absolute Gasteiger partial charge is 0.424 e. The first-order valence-corrected chi connectivity index (χ1v) is 9.14. The molecule has 0 bridgehead atoms. The van der Waals surface area contributed by atoms with Crippen LogP contribution in [0.15, 0.2) is 38.6 Å². The molecule has 3 aromatic rings. The maximum Gasteiger partial charge on any atom is 0.262 e. The van der Waals surface area contributed by atoms with Crippen LogP contribution in [0.4, 0.5) is 0 Å². The minimum atomic E-state index is -0.0380. The van der Waals surface area contributed by atoms with Gasteiger partial charge < -0.3 is 9.15 Å². The van der Waals surface area contributed by atoms with E-state index in [0.717, 1.165) is 6.42 Å². The van der Waals surface area contributed by atoms with E-state index >= 15 is 0 Å². The fraction of sp³-hybridized carbons (Fsp3) is 0.412. The number of methoxy groups -OCH3 is 1. The summed E-state index contributed by atoms with van der Waals surface area (Å²) in [6.45, 7) is 3.10. The summed E-state index contributed by atoms with van der Waals surface area (Å²) in [4.78, 5) is 17.5. The van der Waals surface area contributed by atoms with Gasteiger partial charge in [0.05, 0.1) is 16.7 Å². The number of aromatic nitrogens is 4. The molecule has 8 heteroatoms. The first-order valence-electron chi connectivity index (χ1n) is 8.15. The third-order valence-corrected chi connectivity index (χ3v) is 4.65. The standard InChI is InChI=1S/C17H20N4O3S/c1-3-14-19-20-15(24-14)11-25-17-18-13-8-5-4-7-12(13)16(22)21(17)9-6-10-23-2/h4-5,7-8H,3,6,9-11H2,1-2H3. The van der Waals surface area contributed by atoms with E-state index in [1.807, 2.05) is 25.1 Å². The van der Waals surface area contributed by atoms with Crippen molar-refractivity contribution in [1.82, 2.24) is 19.7 Å². The molecule has 0 amide bonds. The highest BCUT2D eigenvalue weighted by molar-refractivity contribution is 7.98. The maximum atomic E-state index is 12.8. The van der Waals surface area contributed by atoms with Crippen molar-refractivity contribution in [2.24, 2.45) is 0 Å². The van der Waals surface area contributed by atoms with E-state index in [-0.39, 0.29) is 5.56 Å². The Kier molecular flexibility index (Phi) is 5.83. The van der Waals surface area contributed by atoms with Crippen LogP contribution in [0.5, 0.6) is 0 Å². The summed E-state index contributed by atoms with van der Waals surface area (Å²) in [6, 6.07) is 7.38. The van der Waals surface area contributed by atoms with Crippen molar-refractivity contribution in [3.63, 3.8) is 0 Å². The summed E-state index contributed by atoms with van der Waals surface area (Å²) < 4.78 is 12.3. The Balaban J connectivity index is 1.90. The van der Waals surface area contributed by atoms with Gasteiger partial charge >= 0.3 is 0 Å². The van der Waals surface area contributed by atoms with Crippen molar-refractivity contribution in [3.8, 4) is 0 Å². The van der Waals surface area contributed by atoms with Gasteiger partial charge in [-0.1, -0.05) is 30.8 Å². The average molecular weight is 360 g/mol. The van der Waals surface area contributed by atoms with Crippen LogP contribution in [0.1, 0.15) is 25.1 Å². The molecule has 0 radical (unpaired) electrons. The Labute approximate surface area is 149 Å². The molecule has 25 heavy (non-hydrogen) atoms. The second-order valence-electron chi connectivity index (χ2n) is 5.45. The number of nitrogens with zero attached hydrogens (tertiary/aromatic N) is 4. The van der Waals surface area contributed by atoms with E-state index in [0.29, 0.717) is 53.2 Å². The van der Waals surface area contributed by atoms with Crippen LogP contribution in [-0.4, -0.2) is 33.5 Å². The summed E-state index contributed by atoms with van der Waals surface area (Å²) in [5, 5.41) is 9.25. The summed E-state index contributed by atoms with van der Waals surface area (Å²) in [5.74, 6) is 1.62. The van der Waals surface area contributed by atoms with Crippen molar-refractivity contribution < 1.29 is 9.15 Å². The van der Waals surface area contributed by atoms with Gasteiger partial charge in [-0.25, -0.2) is 4.98 Å². The van der Waals surface area contributed by atoms with E-state index in [9.17, 15) is 4.79 Å². The van der Waals surface area contributed by atoms with Gasteiger partial charge in [0, 0.05) is 26.7 Å². The van der Waals surface area contributed by atoms with Crippen molar-refractivity contribution in [2.45, 2.75) is 37.2 Å². The van der Waals surface area contributed by atoms with E-state index in [1.54, 1.807) is 17.7 Å². The maximum absolute atomic E-state index is 12.8. The topological polar surface area (TPSA) is 83.0 Å². The molecule has 0 unspecified atom stereocenters. The molecule has 0 aliphatic heterocycles. The number of rotatable bonds is 8. The molecular weight excluding hydrogens is 340 g/mol. The predicted molar refractivity (Wildman–Crippen MR) is 95.7 cm³/mol. The molecule has 2 aromatic heterocycles. The molecule has 0 saturated heterocycles. The Morgan fingerprint density at radius 2 is 2.04 bits per heavy atom. The molecule has 0 spiro atoms. The van der Waals surface area contributed by atoms with Crippen molar-refractivity contribution in [3.05, 3.63) is 46.4 Å². The minimum absolute atomic E-state index is 0.0380. The smallest absolute Gasteiger partial charge is 0.262 e. The molecule has 3 rings (SSSR count). The lowest BCUT2D eigenvalue weighted by atomic mass is 10.2. The van der Waals surface area contributed by atoms with Crippen molar-refractivity contribution >= 4 is 22.7 Å². The van der Waals surface area contributed by atoms with Crippen LogP contribution in [0.3, 0.4) is 0 Å². The molecular formula is C17H20N4O3S. The Morgan fingerprint density at radius 3 is 2.80 bits per heavy atom. The normalized spacial score (nSPS) is 11.3. The van der Waals surface area contributed by atoms with Gasteiger partial charge in [0.1, 0.15) is 0 Å². The van der Waals surface area contributed by atoms with Gasteiger partial charge in [0.15, 0.2) is 5.16 Å². The molecule has 0 aliphatic carbocycles. The zero-order chi connectivity index (χ0) is 17.6. The van der Waals surface area contributed by atoms with Crippen LogP contribution in [-0.2, 0) is 23.5 Å². The molecule has 1 aromatic carbocycles. The molecule has 0 aliphatic rings. The number of hydrogen-bond donors (Lipinski definition) is 0. The summed E-state index contributed by atoms with van der Waals surface area (Å²) in [6.07, 6.45) is 1.44. The molecule has 2 heterocycles. The van der Waals surface area contributed by atoms with Crippen LogP contribution >= 0.6 is 11.8 Å². The monoisotopic (exact) mass is 360 g/mol. The fourth-order valence-corrected chi connectivity index (χ4v) is 3.30. The number of aryl methyl sites for hydroxylation is 1. The molecule has 0 fully saturated rings. The molecule has 7 nitrogen and oxygen atoms in total. The van der Waals surface area contributed by atoms with E-state index in [4.69, 9.17) is 9.15 Å². The van der Waals surface area contributed by atoms with Crippen molar-refractivity contribution in [2.75, 3.05) is 13.7 Å². The number of fused-ring (bicyclic) bond motifs is 1. The summed E-state index contributed by atoms with van der Waals surface area (Å²) in [7, 11) is 1.65. The highest BCUT2D eigenvalue weighted by Gasteiger charge is 2.13. The lowest BCUT2D eigenvalue weighted by Crippen LogP contribution is -2.24. The van der Waals surface area contributed by atoms with Crippen LogP contribution in [0.25, 0.3) is 10.9 Å². The van der Waals surface area contributed by atoms with Gasteiger partial charge in [-0.3, -0.25) is 9.36 Å². The Hall–Kier alpha value is -2.19. The van der Waals surface area contributed by atoms with Gasteiger partial charge in [-0.2, -0.15) is 0 Å². The number of benzene rings is 1. The average Bonchev–Trinajstić information content (AvgIpc) is 3.10. The van der Waals surface area contributed by atoms with E-state index < -0.39 is 0 Å². The molecule has 132 valence electrons. The SMILES string of the molecule is CCc1nnc(CSc2nc3ccccc3c(=O)n2CCCOC)o1. The second-order valence-corrected chi connectivity index (χ2v) is 6.39. The summed E-state index contributed by atoms with van der Waals surface area (Å²) in [5.41, 5.74) is 0.654. The molecule has 0 N–H and O–H groups in total. The minimum Gasteiger partial charge on any atom is -0.424 e. The van der Waals surface area contributed by atoms with Crippen LogP contribution < -0.4 is 5.56 Å². The van der Waals surface area contributed by atoms with Crippen LogP contribution in [0, 0.1) is 0 Å². The quantitative estimate of drug-likeness (QED) is 0.347. The fourth-order valence-electron chi connectivity index (χ4n) is 2.44. The second kappa shape index (κ2) is 8.26. The van der Waals surface area contributed by atoms with Gasteiger partial charge in [-0.15, -0.1) is 10.2 Å². The number of ether oxygens (including phenoxy) is 1. The zero-order valence-electron chi connectivity index (χ0n) is 14.3. The third-order valence-electron chi connectivity index (χ3n) is 3.69. The highest BCUT2D eigenvalue weighted by Crippen LogP contribution is 2.22. The van der Waals surface area contributed by atoms with Crippen LogP contribution in [0.2, 0.25) is 0 Å². The third kappa shape index (κ3) is 4.08. The van der Waals surface area contributed by atoms with E-state index in [1.165, 1.54) is 11.8 Å². The van der Waals surface area contributed by atoms with E-state index in [2.05, 4.69) is 15.2 Å². The molecule has 0 saturated carbocycles. The predicted octanol–water partition coefficient (Wildman–Crippen LogP) is 2.67. The number of hydrogen-bond acceptors (Lipinski definition) is 7. The molecule has 0 atom stereocenters.